The van der Waals surface area contributed by atoms with Gasteiger partial charge in [0.15, 0.2) is 0 Å². The van der Waals surface area contributed by atoms with E-state index in [0.717, 1.165) is 44.9 Å². The molecule has 0 bridgehead atoms. The summed E-state index contributed by atoms with van der Waals surface area (Å²) < 4.78 is 6.74. The number of ether oxygens (including phenoxy) is 1. The first-order chi connectivity index (χ1) is 17.2. The zero-order chi connectivity index (χ0) is 26.0. The smallest absolute Gasteiger partial charge is 0.337 e. The van der Waals surface area contributed by atoms with Gasteiger partial charge < -0.3 is 14.6 Å². The van der Waals surface area contributed by atoms with Gasteiger partial charge in [0.1, 0.15) is 6.54 Å². The van der Waals surface area contributed by atoms with E-state index in [4.69, 9.17) is 4.74 Å². The van der Waals surface area contributed by atoms with Crippen molar-refractivity contribution < 1.29 is 23.9 Å². The highest BCUT2D eigenvalue weighted by Gasteiger charge is 2.36. The molecule has 1 aromatic heterocycles. The molecule has 0 radical (unpaired) electrons. The van der Waals surface area contributed by atoms with E-state index in [2.05, 4.69) is 5.32 Å². The predicted molar refractivity (Wildman–Crippen MR) is 139 cm³/mol. The van der Waals surface area contributed by atoms with Crippen molar-refractivity contribution in [2.75, 3.05) is 19.0 Å². The van der Waals surface area contributed by atoms with Crippen LogP contribution in [-0.2, 0) is 14.3 Å². The Bertz CT molecular complexity index is 1390. The van der Waals surface area contributed by atoms with Crippen LogP contribution in [0, 0.1) is 20.8 Å². The molecule has 1 aliphatic heterocycles. The number of aryl methyl sites for hydroxylation is 2. The fourth-order valence-corrected chi connectivity index (χ4v) is 4.78. The fourth-order valence-electron chi connectivity index (χ4n) is 3.95. The molecule has 4 rings (SSSR count). The number of thioether (sulfide) groups is 1. The molecular formula is C27H25N3O5S. The van der Waals surface area contributed by atoms with Crippen LogP contribution in [0.1, 0.15) is 32.9 Å². The molecule has 0 aliphatic carbocycles. The summed E-state index contributed by atoms with van der Waals surface area (Å²) in [7, 11) is 1.33. The summed E-state index contributed by atoms with van der Waals surface area (Å²) in [4.78, 5) is 50.8. The van der Waals surface area contributed by atoms with Gasteiger partial charge in [0.05, 0.1) is 17.6 Å². The number of hydrogen-bond acceptors (Lipinski definition) is 6. The lowest BCUT2D eigenvalue weighted by Gasteiger charge is -2.12. The van der Waals surface area contributed by atoms with E-state index in [9.17, 15) is 19.2 Å². The lowest BCUT2D eigenvalue weighted by molar-refractivity contribution is -0.127. The normalized spacial score (nSPS) is 14.4. The minimum Gasteiger partial charge on any atom is -0.465 e. The number of benzene rings is 2. The summed E-state index contributed by atoms with van der Waals surface area (Å²) in [6.45, 7) is 5.42. The lowest BCUT2D eigenvalue weighted by atomic mass is 10.2. The average molecular weight is 504 g/mol. The lowest BCUT2D eigenvalue weighted by Crippen LogP contribution is -2.36. The van der Waals surface area contributed by atoms with Crippen molar-refractivity contribution in [3.05, 3.63) is 87.6 Å². The number of carbonyl (C=O) groups is 4. The molecule has 184 valence electrons. The van der Waals surface area contributed by atoms with Crippen LogP contribution in [0.5, 0.6) is 0 Å². The third-order valence-electron chi connectivity index (χ3n) is 5.81. The summed E-state index contributed by atoms with van der Waals surface area (Å²) in [6, 6.07) is 16.2. The second-order valence-corrected chi connectivity index (χ2v) is 9.38. The summed E-state index contributed by atoms with van der Waals surface area (Å²) >= 11 is 0.812. The van der Waals surface area contributed by atoms with E-state index >= 15 is 0 Å². The second kappa shape index (κ2) is 10.2. The number of methoxy groups -OCH3 is 1. The number of nitrogens with zero attached hydrogens (tertiary/aromatic N) is 2. The van der Waals surface area contributed by atoms with Crippen molar-refractivity contribution in [1.29, 1.82) is 0 Å². The van der Waals surface area contributed by atoms with E-state index in [0.29, 0.717) is 11.3 Å². The zero-order valence-corrected chi connectivity index (χ0v) is 21.1. The van der Waals surface area contributed by atoms with Gasteiger partial charge in [-0.1, -0.05) is 17.7 Å². The molecule has 0 atom stereocenters. The molecule has 9 heteroatoms. The number of carbonyl (C=O) groups excluding carboxylic acids is 4. The Kier molecular flexibility index (Phi) is 7.12. The molecule has 1 saturated heterocycles. The van der Waals surface area contributed by atoms with Gasteiger partial charge in [-0.2, -0.15) is 0 Å². The molecule has 1 fully saturated rings. The zero-order valence-electron chi connectivity index (χ0n) is 20.3. The van der Waals surface area contributed by atoms with Crippen molar-refractivity contribution >= 4 is 46.5 Å². The molecule has 36 heavy (non-hydrogen) atoms. The Balaban J connectivity index is 1.51. The third kappa shape index (κ3) is 5.11. The Morgan fingerprint density at radius 3 is 2.31 bits per heavy atom. The van der Waals surface area contributed by atoms with Crippen molar-refractivity contribution in [2.45, 2.75) is 20.8 Å². The molecule has 8 nitrogen and oxygen atoms in total. The first-order valence-corrected chi connectivity index (χ1v) is 12.0. The average Bonchev–Trinajstić information content (AvgIpc) is 3.29. The monoisotopic (exact) mass is 503 g/mol. The number of nitrogens with one attached hydrogen (secondary N) is 1. The highest BCUT2D eigenvalue weighted by molar-refractivity contribution is 8.18. The number of anilines is 1. The maximum atomic E-state index is 12.9. The first kappa shape index (κ1) is 25.0. The van der Waals surface area contributed by atoms with Crippen LogP contribution < -0.4 is 5.32 Å². The number of hydrogen-bond donors (Lipinski definition) is 1. The van der Waals surface area contributed by atoms with Crippen LogP contribution in [0.3, 0.4) is 0 Å². The first-order valence-electron chi connectivity index (χ1n) is 11.2. The molecule has 3 amide bonds. The Labute approximate surface area is 212 Å². The van der Waals surface area contributed by atoms with Crippen LogP contribution in [0.15, 0.2) is 59.5 Å². The van der Waals surface area contributed by atoms with Gasteiger partial charge in [0, 0.05) is 22.8 Å². The molecule has 1 aliphatic rings. The van der Waals surface area contributed by atoms with Crippen LogP contribution in [0.2, 0.25) is 0 Å². The van der Waals surface area contributed by atoms with Gasteiger partial charge in [-0.15, -0.1) is 0 Å². The van der Waals surface area contributed by atoms with Gasteiger partial charge in [-0.25, -0.2) is 4.79 Å². The van der Waals surface area contributed by atoms with Crippen molar-refractivity contribution in [3.63, 3.8) is 0 Å². The summed E-state index contributed by atoms with van der Waals surface area (Å²) in [5, 5.41) is 2.22. The summed E-state index contributed by atoms with van der Waals surface area (Å²) in [5.74, 6) is -1.36. The van der Waals surface area contributed by atoms with E-state index < -0.39 is 23.0 Å². The quantitative estimate of drug-likeness (QED) is 0.381. The molecule has 2 aromatic carbocycles. The van der Waals surface area contributed by atoms with Crippen LogP contribution in [0.4, 0.5) is 10.5 Å². The Hall–Kier alpha value is -4.11. The molecule has 3 aromatic rings. The standard InChI is InChI=1S/C27H25N3O5S/c1-16-5-9-21(10-6-16)28-24(31)15-29-25(32)23(36-27(29)34)14-20-13-17(2)30(18(20)3)22-11-7-19(8-12-22)26(33)35-4/h5-14H,15H2,1-4H3,(H,28,31)/b23-14-. The minimum absolute atomic E-state index is 0.254. The van der Waals surface area contributed by atoms with Gasteiger partial charge in [-0.3, -0.25) is 19.3 Å². The Morgan fingerprint density at radius 1 is 1.00 bits per heavy atom. The molecule has 1 N–H and O–H groups in total. The SMILES string of the molecule is COC(=O)c1ccc(-n2c(C)cc(/C=C3\SC(=O)N(CC(=O)Nc4ccc(C)cc4)C3=O)c2C)cc1. The molecule has 0 spiro atoms. The number of aromatic nitrogens is 1. The maximum Gasteiger partial charge on any atom is 0.337 e. The minimum atomic E-state index is -0.503. The third-order valence-corrected chi connectivity index (χ3v) is 6.72. The van der Waals surface area contributed by atoms with Crippen LogP contribution >= 0.6 is 11.8 Å². The summed E-state index contributed by atoms with van der Waals surface area (Å²) in [5.41, 5.74) is 5.51. The number of amides is 3. The van der Waals surface area contributed by atoms with Gasteiger partial charge >= 0.3 is 5.97 Å². The largest absolute Gasteiger partial charge is 0.465 e. The summed E-state index contributed by atoms with van der Waals surface area (Å²) in [6.07, 6.45) is 1.67. The Morgan fingerprint density at radius 2 is 1.67 bits per heavy atom. The maximum absolute atomic E-state index is 12.9. The van der Waals surface area contributed by atoms with Crippen molar-refractivity contribution in [2.24, 2.45) is 0 Å². The second-order valence-electron chi connectivity index (χ2n) is 8.38. The highest BCUT2D eigenvalue weighted by Crippen LogP contribution is 2.33. The topological polar surface area (TPSA) is 97.7 Å². The van der Waals surface area contributed by atoms with Crippen LogP contribution in [0.25, 0.3) is 11.8 Å². The van der Waals surface area contributed by atoms with Gasteiger partial charge in [0.25, 0.3) is 11.1 Å². The van der Waals surface area contributed by atoms with Crippen molar-refractivity contribution in [3.8, 4) is 5.69 Å². The number of imide groups is 1. The van der Waals surface area contributed by atoms with E-state index in [1.54, 1.807) is 30.3 Å². The molecule has 2 heterocycles. The van der Waals surface area contributed by atoms with Crippen molar-refractivity contribution in [1.82, 2.24) is 9.47 Å². The van der Waals surface area contributed by atoms with Gasteiger partial charge in [-0.05, 0) is 86.6 Å². The predicted octanol–water partition coefficient (Wildman–Crippen LogP) is 4.86. The van der Waals surface area contributed by atoms with E-state index in [1.165, 1.54) is 7.11 Å². The number of rotatable bonds is 6. The van der Waals surface area contributed by atoms with Crippen LogP contribution in [-0.4, -0.2) is 46.1 Å². The fraction of sp³-hybridized carbons (Fsp3) is 0.185. The highest BCUT2D eigenvalue weighted by atomic mass is 32.2. The van der Waals surface area contributed by atoms with Gasteiger partial charge in [0.2, 0.25) is 5.91 Å². The molecular weight excluding hydrogens is 478 g/mol. The number of esters is 1. The molecule has 0 unspecified atom stereocenters. The molecule has 0 saturated carbocycles. The van der Waals surface area contributed by atoms with E-state index in [1.807, 2.05) is 55.7 Å². The van der Waals surface area contributed by atoms with E-state index in [-0.39, 0.29) is 11.4 Å².